The first-order valence-electron chi connectivity index (χ1n) is 11.2. The molecule has 2 aromatic heterocycles. The zero-order valence-electron chi connectivity index (χ0n) is 20.9. The van der Waals surface area contributed by atoms with E-state index in [9.17, 15) is 13.6 Å². The van der Waals surface area contributed by atoms with Gasteiger partial charge in [-0.15, -0.1) is 18.3 Å². The van der Waals surface area contributed by atoms with Crippen molar-refractivity contribution in [2.45, 2.75) is 68.0 Å². The first-order chi connectivity index (χ1) is 16.7. The summed E-state index contributed by atoms with van der Waals surface area (Å²) in [6, 6.07) is 3.14. The van der Waals surface area contributed by atoms with Gasteiger partial charge in [0.2, 0.25) is 5.56 Å². The summed E-state index contributed by atoms with van der Waals surface area (Å²) < 4.78 is 35.4. The van der Waals surface area contributed by atoms with Crippen molar-refractivity contribution in [2.75, 3.05) is 0 Å². The van der Waals surface area contributed by atoms with Gasteiger partial charge in [-0.3, -0.25) is 4.79 Å². The quantitative estimate of drug-likeness (QED) is 0.267. The van der Waals surface area contributed by atoms with Gasteiger partial charge in [0.1, 0.15) is 18.1 Å². The molecule has 3 heterocycles. The van der Waals surface area contributed by atoms with Crippen LogP contribution in [-0.2, 0) is 18.4 Å². The molecule has 37 heavy (non-hydrogen) atoms. The van der Waals surface area contributed by atoms with Gasteiger partial charge >= 0.3 is 0 Å². The molecule has 0 saturated carbocycles. The number of allylic oxidation sites excluding steroid dienone is 6. The lowest BCUT2D eigenvalue weighted by molar-refractivity contribution is 0.183. The number of aryl methyl sites for hydroxylation is 2. The van der Waals surface area contributed by atoms with Crippen molar-refractivity contribution in [1.29, 1.82) is 0 Å². The Kier molecular flexibility index (Phi) is 13.8. The van der Waals surface area contributed by atoms with Crippen LogP contribution >= 0.6 is 0 Å². The summed E-state index contributed by atoms with van der Waals surface area (Å²) in [6.07, 6.45) is 6.36. The summed E-state index contributed by atoms with van der Waals surface area (Å²) in [5, 5.41) is 11.5. The largest absolute Gasteiger partial charge is 0.492 e. The van der Waals surface area contributed by atoms with Gasteiger partial charge in [-0.05, 0) is 69.0 Å². The third-order valence-corrected chi connectivity index (χ3v) is 5.40. The molecule has 1 aliphatic heterocycles. The molecule has 204 valence electrons. The van der Waals surface area contributed by atoms with Crippen LogP contribution in [0.2, 0.25) is 0 Å². The predicted molar refractivity (Wildman–Crippen MR) is 149 cm³/mol. The van der Waals surface area contributed by atoms with Gasteiger partial charge in [0.15, 0.2) is 0 Å². The van der Waals surface area contributed by atoms with E-state index in [1.807, 2.05) is 39.8 Å². The Morgan fingerprint density at radius 3 is 2.54 bits per heavy atom. The molecule has 1 aliphatic rings. The number of ether oxygens (including phenoxy) is 1. The van der Waals surface area contributed by atoms with Crippen LogP contribution in [0.4, 0.5) is 8.78 Å². The molecule has 0 radical (unpaired) electrons. The number of aromatic nitrogens is 4. The van der Waals surface area contributed by atoms with Crippen LogP contribution in [0.3, 0.4) is 0 Å². The monoisotopic (exact) mass is 517 g/mol. The molecular formula is C28H41F2N5O2. The van der Waals surface area contributed by atoms with E-state index in [4.69, 9.17) is 4.74 Å². The topological polar surface area (TPSA) is 74.0 Å². The standard InChI is InChI=1S/C24H29F2N5O2.C2H4.2CH4/c1-15(20-9-11-23(32)30(5)13-20)6-7-17(3)33-14-21-18(4)28-29-31(21)22-10-8-19(24(25)26)12-16(2)27-22;1-2;;/h6-11,13,16,24,27H,12,14H2,1-5H3;1-2H2;2*1H4/b15-6+,17-7+;;;. The highest BCUT2D eigenvalue weighted by Crippen LogP contribution is 2.21. The molecule has 2 aromatic rings. The Morgan fingerprint density at radius 1 is 1.24 bits per heavy atom. The van der Waals surface area contributed by atoms with Crippen LogP contribution in [0.1, 0.15) is 59.0 Å². The maximum atomic E-state index is 13.2. The lowest BCUT2D eigenvalue weighted by Crippen LogP contribution is -2.28. The number of nitrogens with zero attached hydrogens (tertiary/aromatic N) is 4. The Balaban J connectivity index is 0.00000316. The van der Waals surface area contributed by atoms with Gasteiger partial charge in [0, 0.05) is 25.4 Å². The number of hydrogen-bond acceptors (Lipinski definition) is 5. The number of nitrogens with one attached hydrogen (secondary N) is 1. The number of pyridine rings is 1. The van der Waals surface area contributed by atoms with Crippen LogP contribution in [0.15, 0.2) is 71.9 Å². The SMILES string of the molecule is C.C.C/C(=C\C=C(/C)c1ccc(=O)n(C)c1)OCc1c(C)nnn1C1=CC=C(C(F)F)CC(C)N1.C=C. The Hall–Kier alpha value is -3.75. The second-order valence-corrected chi connectivity index (χ2v) is 8.16. The highest BCUT2D eigenvalue weighted by molar-refractivity contribution is 5.64. The molecule has 9 heteroatoms. The van der Waals surface area contributed by atoms with Crippen LogP contribution in [-0.4, -0.2) is 32.0 Å². The van der Waals surface area contributed by atoms with Crippen LogP contribution in [0, 0.1) is 6.92 Å². The van der Waals surface area contributed by atoms with Crippen molar-refractivity contribution in [1.82, 2.24) is 24.9 Å². The summed E-state index contributed by atoms with van der Waals surface area (Å²) in [6.45, 7) is 13.7. The molecule has 0 saturated heterocycles. The van der Waals surface area contributed by atoms with Crippen molar-refractivity contribution in [2.24, 2.45) is 7.05 Å². The van der Waals surface area contributed by atoms with Gasteiger partial charge in [-0.1, -0.05) is 32.2 Å². The average molecular weight is 518 g/mol. The third kappa shape index (κ3) is 9.00. The average Bonchev–Trinajstić information content (AvgIpc) is 3.08. The molecular weight excluding hydrogens is 476 g/mol. The fourth-order valence-electron chi connectivity index (χ4n) is 3.38. The second-order valence-electron chi connectivity index (χ2n) is 8.16. The molecule has 0 spiro atoms. The summed E-state index contributed by atoms with van der Waals surface area (Å²) in [5.41, 5.74) is 3.37. The lowest BCUT2D eigenvalue weighted by atomic mass is 10.1. The second kappa shape index (κ2) is 15.4. The maximum Gasteiger partial charge on any atom is 0.260 e. The molecule has 1 unspecified atom stereocenters. The van der Waals surface area contributed by atoms with Gasteiger partial charge < -0.3 is 14.6 Å². The molecule has 0 amide bonds. The summed E-state index contributed by atoms with van der Waals surface area (Å²) in [7, 11) is 1.71. The summed E-state index contributed by atoms with van der Waals surface area (Å²) in [4.78, 5) is 11.6. The van der Waals surface area contributed by atoms with E-state index >= 15 is 0 Å². The van der Waals surface area contributed by atoms with E-state index in [1.54, 1.807) is 30.1 Å². The van der Waals surface area contributed by atoms with Gasteiger partial charge in [-0.2, -0.15) is 4.68 Å². The molecule has 7 nitrogen and oxygen atoms in total. The fourth-order valence-corrected chi connectivity index (χ4v) is 3.38. The van der Waals surface area contributed by atoms with E-state index in [-0.39, 0.29) is 45.1 Å². The molecule has 0 fully saturated rings. The first-order valence-corrected chi connectivity index (χ1v) is 11.2. The summed E-state index contributed by atoms with van der Waals surface area (Å²) >= 11 is 0. The molecule has 0 bridgehead atoms. The smallest absolute Gasteiger partial charge is 0.260 e. The molecule has 0 aromatic carbocycles. The zero-order valence-corrected chi connectivity index (χ0v) is 20.9. The van der Waals surface area contributed by atoms with E-state index in [1.165, 1.54) is 16.7 Å². The van der Waals surface area contributed by atoms with Crippen molar-refractivity contribution in [3.05, 3.63) is 94.4 Å². The van der Waals surface area contributed by atoms with Crippen LogP contribution in [0.25, 0.3) is 11.4 Å². The molecule has 1 atom stereocenters. The normalized spacial score (nSPS) is 15.6. The van der Waals surface area contributed by atoms with Crippen LogP contribution in [0.5, 0.6) is 0 Å². The zero-order chi connectivity index (χ0) is 26.1. The van der Waals surface area contributed by atoms with Crippen molar-refractivity contribution in [3.63, 3.8) is 0 Å². The van der Waals surface area contributed by atoms with E-state index in [0.717, 1.165) is 16.8 Å². The number of halogens is 2. The van der Waals surface area contributed by atoms with Crippen molar-refractivity contribution >= 4 is 11.4 Å². The molecule has 3 rings (SSSR count). The van der Waals surface area contributed by atoms with Crippen LogP contribution < -0.4 is 10.9 Å². The Labute approximate surface area is 219 Å². The molecule has 1 N–H and O–H groups in total. The highest BCUT2D eigenvalue weighted by Gasteiger charge is 2.20. The number of rotatable bonds is 7. The highest BCUT2D eigenvalue weighted by atomic mass is 19.3. The van der Waals surface area contributed by atoms with Crippen molar-refractivity contribution < 1.29 is 13.5 Å². The fraction of sp³-hybridized carbons (Fsp3) is 0.393. The maximum absolute atomic E-state index is 13.2. The minimum atomic E-state index is -2.49. The van der Waals surface area contributed by atoms with E-state index in [2.05, 4.69) is 28.8 Å². The predicted octanol–water partition coefficient (Wildman–Crippen LogP) is 6.26. The van der Waals surface area contributed by atoms with Gasteiger partial charge in [0.05, 0.1) is 11.5 Å². The van der Waals surface area contributed by atoms with Gasteiger partial charge in [-0.25, -0.2) is 8.78 Å². The number of alkyl halides is 2. The Morgan fingerprint density at radius 2 is 1.92 bits per heavy atom. The van der Waals surface area contributed by atoms with Gasteiger partial charge in [0.25, 0.3) is 6.43 Å². The first kappa shape index (κ1) is 33.2. The lowest BCUT2D eigenvalue weighted by Gasteiger charge is -2.18. The third-order valence-electron chi connectivity index (χ3n) is 5.40. The minimum absolute atomic E-state index is 0. The minimum Gasteiger partial charge on any atom is -0.492 e. The Bertz CT molecular complexity index is 1210. The van der Waals surface area contributed by atoms with E-state index < -0.39 is 6.43 Å². The number of hydrogen-bond donors (Lipinski definition) is 1. The molecule has 0 aliphatic carbocycles. The summed E-state index contributed by atoms with van der Waals surface area (Å²) in [5.74, 6) is 1.26. The van der Waals surface area contributed by atoms with Crippen molar-refractivity contribution in [3.8, 4) is 0 Å². The van der Waals surface area contributed by atoms with E-state index in [0.29, 0.717) is 17.3 Å².